The van der Waals surface area contributed by atoms with Crippen LogP contribution in [0.1, 0.15) is 52.9 Å². The highest BCUT2D eigenvalue weighted by Gasteiger charge is 2.35. The van der Waals surface area contributed by atoms with Crippen LogP contribution in [0, 0.1) is 11.3 Å². The zero-order valence-corrected chi connectivity index (χ0v) is 12.3. The zero-order chi connectivity index (χ0) is 12.0. The lowest BCUT2D eigenvalue weighted by molar-refractivity contribution is 0.362. The van der Waals surface area contributed by atoms with Crippen LogP contribution in [0.2, 0.25) is 0 Å². The third-order valence-corrected chi connectivity index (χ3v) is 4.46. The van der Waals surface area contributed by atoms with E-state index in [2.05, 4.69) is 32.3 Å². The van der Waals surface area contributed by atoms with Crippen LogP contribution < -0.4 is 5.32 Å². The molecule has 1 N–H and O–H groups in total. The minimum Gasteiger partial charge on any atom is -0.314 e. The molecule has 1 nitrogen and oxygen atoms in total. The molecule has 0 heterocycles. The summed E-state index contributed by atoms with van der Waals surface area (Å²) in [5, 5.41) is 3.76. The smallest absolute Gasteiger partial charge is 0.00979 e. The van der Waals surface area contributed by atoms with E-state index in [9.17, 15) is 0 Å². The van der Waals surface area contributed by atoms with Crippen molar-refractivity contribution in [1.29, 1.82) is 0 Å². The minimum atomic E-state index is 0.565. The molecule has 0 aromatic carbocycles. The van der Waals surface area contributed by atoms with E-state index in [1.807, 2.05) is 11.8 Å². The molecule has 2 atom stereocenters. The van der Waals surface area contributed by atoms with Gasteiger partial charge in [0, 0.05) is 6.04 Å². The highest BCUT2D eigenvalue weighted by molar-refractivity contribution is 7.98. The molecule has 2 heteroatoms. The van der Waals surface area contributed by atoms with E-state index in [-0.39, 0.29) is 0 Å². The predicted molar refractivity (Wildman–Crippen MR) is 76.2 cm³/mol. The van der Waals surface area contributed by atoms with Gasteiger partial charge in [-0.3, -0.25) is 0 Å². The molecule has 2 unspecified atom stereocenters. The summed E-state index contributed by atoms with van der Waals surface area (Å²) < 4.78 is 0. The molecule has 16 heavy (non-hydrogen) atoms. The first-order valence-corrected chi connectivity index (χ1v) is 8.17. The number of hydrogen-bond donors (Lipinski definition) is 1. The quantitative estimate of drug-likeness (QED) is 0.680. The maximum absolute atomic E-state index is 3.76. The second kappa shape index (κ2) is 6.90. The standard InChI is InChI=1S/C14H29NS/c1-12-10-14(2,3)11-13(12)15-8-6-5-7-9-16-4/h12-13,15H,5-11H2,1-4H3. The SMILES string of the molecule is CSCCCCCNC1CC(C)(C)CC1C. The molecule has 1 fully saturated rings. The second-order valence-corrected chi connectivity index (χ2v) is 7.15. The lowest BCUT2D eigenvalue weighted by Crippen LogP contribution is -2.32. The second-order valence-electron chi connectivity index (χ2n) is 6.16. The Hall–Kier alpha value is 0.310. The Bertz CT molecular complexity index is 191. The van der Waals surface area contributed by atoms with Crippen molar-refractivity contribution in [3.8, 4) is 0 Å². The Morgan fingerprint density at radius 2 is 1.94 bits per heavy atom. The Balaban J connectivity index is 2.05. The number of hydrogen-bond acceptors (Lipinski definition) is 2. The van der Waals surface area contributed by atoms with Crippen LogP contribution in [-0.4, -0.2) is 24.6 Å². The zero-order valence-electron chi connectivity index (χ0n) is 11.5. The van der Waals surface area contributed by atoms with Gasteiger partial charge in [-0.15, -0.1) is 0 Å². The summed E-state index contributed by atoms with van der Waals surface area (Å²) in [6.07, 6.45) is 9.06. The van der Waals surface area contributed by atoms with Gasteiger partial charge in [-0.1, -0.05) is 27.2 Å². The molecule has 1 aliphatic rings. The van der Waals surface area contributed by atoms with E-state index in [4.69, 9.17) is 0 Å². The molecule has 0 aliphatic heterocycles. The van der Waals surface area contributed by atoms with Gasteiger partial charge in [0.05, 0.1) is 0 Å². The third-order valence-electron chi connectivity index (χ3n) is 3.77. The van der Waals surface area contributed by atoms with E-state index in [0.29, 0.717) is 5.41 Å². The van der Waals surface area contributed by atoms with E-state index in [1.54, 1.807) is 0 Å². The van der Waals surface area contributed by atoms with Crippen molar-refractivity contribution in [2.75, 3.05) is 18.6 Å². The summed E-state index contributed by atoms with van der Waals surface area (Å²) in [5.74, 6) is 2.19. The van der Waals surface area contributed by atoms with Crippen LogP contribution in [0.15, 0.2) is 0 Å². The maximum atomic E-state index is 3.76. The van der Waals surface area contributed by atoms with Gasteiger partial charge < -0.3 is 5.32 Å². The molecule has 0 bridgehead atoms. The van der Waals surface area contributed by atoms with Crippen LogP contribution in [0.4, 0.5) is 0 Å². The lowest BCUT2D eigenvalue weighted by atomic mass is 9.91. The number of rotatable bonds is 7. The van der Waals surface area contributed by atoms with Crippen LogP contribution >= 0.6 is 11.8 Å². The molecule has 1 aliphatic carbocycles. The summed E-state index contributed by atoms with van der Waals surface area (Å²) >= 11 is 1.96. The maximum Gasteiger partial charge on any atom is 0.00979 e. The molecule has 0 aromatic rings. The van der Waals surface area contributed by atoms with Gasteiger partial charge in [-0.05, 0) is 55.6 Å². The van der Waals surface area contributed by atoms with Gasteiger partial charge in [-0.2, -0.15) is 11.8 Å². The number of nitrogens with one attached hydrogen (secondary N) is 1. The third kappa shape index (κ3) is 5.09. The molecule has 0 amide bonds. The molecule has 0 spiro atoms. The van der Waals surface area contributed by atoms with Crippen molar-refractivity contribution in [1.82, 2.24) is 5.32 Å². The first kappa shape index (κ1) is 14.4. The molecule has 1 saturated carbocycles. The first-order valence-electron chi connectivity index (χ1n) is 6.77. The topological polar surface area (TPSA) is 12.0 Å². The van der Waals surface area contributed by atoms with E-state index < -0.39 is 0 Å². The normalized spacial score (nSPS) is 28.5. The Kier molecular flexibility index (Phi) is 6.20. The van der Waals surface area contributed by atoms with Gasteiger partial charge in [-0.25, -0.2) is 0 Å². The molecule has 0 aromatic heterocycles. The Morgan fingerprint density at radius 1 is 1.19 bits per heavy atom. The van der Waals surface area contributed by atoms with Crippen molar-refractivity contribution in [3.05, 3.63) is 0 Å². The van der Waals surface area contributed by atoms with E-state index in [1.165, 1.54) is 44.4 Å². The minimum absolute atomic E-state index is 0.565. The van der Waals surface area contributed by atoms with Crippen molar-refractivity contribution in [3.63, 3.8) is 0 Å². The molecule has 0 radical (unpaired) electrons. The van der Waals surface area contributed by atoms with Crippen molar-refractivity contribution in [2.45, 2.75) is 58.9 Å². The summed E-state index contributed by atoms with van der Waals surface area (Å²) in [5.41, 5.74) is 0.565. The van der Waals surface area contributed by atoms with Gasteiger partial charge in [0.2, 0.25) is 0 Å². The molecule has 0 saturated heterocycles. The van der Waals surface area contributed by atoms with Crippen LogP contribution in [-0.2, 0) is 0 Å². The largest absolute Gasteiger partial charge is 0.314 e. The summed E-state index contributed by atoms with van der Waals surface area (Å²) in [4.78, 5) is 0. The number of thioether (sulfide) groups is 1. The Labute approximate surface area is 106 Å². The first-order chi connectivity index (χ1) is 7.55. The fraction of sp³-hybridized carbons (Fsp3) is 1.00. The van der Waals surface area contributed by atoms with Crippen LogP contribution in [0.3, 0.4) is 0 Å². The summed E-state index contributed by atoms with van der Waals surface area (Å²) in [6.45, 7) is 8.44. The van der Waals surface area contributed by atoms with Crippen LogP contribution in [0.25, 0.3) is 0 Å². The average molecular weight is 243 g/mol. The monoisotopic (exact) mass is 243 g/mol. The highest BCUT2D eigenvalue weighted by Crippen LogP contribution is 2.40. The fourth-order valence-electron chi connectivity index (χ4n) is 3.00. The van der Waals surface area contributed by atoms with Gasteiger partial charge in [0.15, 0.2) is 0 Å². The molecular formula is C14H29NS. The number of unbranched alkanes of at least 4 members (excludes halogenated alkanes) is 2. The van der Waals surface area contributed by atoms with Gasteiger partial charge >= 0.3 is 0 Å². The predicted octanol–water partition coefficient (Wildman–Crippen LogP) is 3.93. The van der Waals surface area contributed by atoms with Crippen molar-refractivity contribution < 1.29 is 0 Å². The lowest BCUT2D eigenvalue weighted by Gasteiger charge is -2.18. The summed E-state index contributed by atoms with van der Waals surface area (Å²) in [6, 6.07) is 0.774. The van der Waals surface area contributed by atoms with Gasteiger partial charge in [0.1, 0.15) is 0 Å². The molecular weight excluding hydrogens is 214 g/mol. The van der Waals surface area contributed by atoms with E-state index in [0.717, 1.165) is 12.0 Å². The average Bonchev–Trinajstić information content (AvgIpc) is 2.45. The van der Waals surface area contributed by atoms with E-state index >= 15 is 0 Å². The summed E-state index contributed by atoms with van der Waals surface area (Å²) in [7, 11) is 0. The molecule has 1 rings (SSSR count). The van der Waals surface area contributed by atoms with Crippen molar-refractivity contribution >= 4 is 11.8 Å². The Morgan fingerprint density at radius 3 is 2.50 bits per heavy atom. The molecule has 96 valence electrons. The van der Waals surface area contributed by atoms with Crippen LogP contribution in [0.5, 0.6) is 0 Å². The van der Waals surface area contributed by atoms with Gasteiger partial charge in [0.25, 0.3) is 0 Å². The fourth-order valence-corrected chi connectivity index (χ4v) is 3.50. The van der Waals surface area contributed by atoms with Crippen molar-refractivity contribution in [2.24, 2.45) is 11.3 Å². The highest BCUT2D eigenvalue weighted by atomic mass is 32.2.